The standard InChI is InChI=1S/C46H64O2/c1-33(2)18-13-20-35(5)22-15-23-37(7)25-17-27-39(9)32-41(31-30-38(8)26-16-24-36(6)21-14-19-34(3)4)44-40(10)45(47)42-28-11-12-29-43(42)46(44)48/h11-12,18-19,22,24-25,28-32,47-48H,13-17,20-21,23,26-27H2,1-10H3. The average molecular weight is 649 g/mol. The van der Waals surface area contributed by atoms with Gasteiger partial charge >= 0.3 is 0 Å². The highest BCUT2D eigenvalue weighted by Gasteiger charge is 2.18. The molecule has 2 N–H and O–H groups in total. The first-order chi connectivity index (χ1) is 22.8. The van der Waals surface area contributed by atoms with E-state index in [0.717, 1.165) is 69.8 Å². The van der Waals surface area contributed by atoms with Crippen molar-refractivity contribution in [3.8, 4) is 11.5 Å². The molecule has 0 spiro atoms. The van der Waals surface area contributed by atoms with Crippen molar-refractivity contribution in [2.24, 2.45) is 0 Å². The molecule has 48 heavy (non-hydrogen) atoms. The lowest BCUT2D eigenvalue weighted by molar-refractivity contribution is 0.465. The van der Waals surface area contributed by atoms with Crippen molar-refractivity contribution < 1.29 is 10.2 Å². The molecule has 2 rings (SSSR count). The Labute approximate surface area is 293 Å². The third-order valence-corrected chi connectivity index (χ3v) is 8.92. The van der Waals surface area contributed by atoms with Crippen LogP contribution in [0, 0.1) is 6.92 Å². The van der Waals surface area contributed by atoms with Gasteiger partial charge in [-0.1, -0.05) is 112 Å². The van der Waals surface area contributed by atoms with Crippen LogP contribution in [-0.2, 0) is 0 Å². The molecule has 0 amide bonds. The molecule has 0 saturated carbocycles. The van der Waals surface area contributed by atoms with E-state index in [1.165, 1.54) is 39.0 Å². The van der Waals surface area contributed by atoms with Gasteiger partial charge in [-0.3, -0.25) is 0 Å². The number of rotatable bonds is 18. The molecule has 0 heterocycles. The zero-order valence-electron chi connectivity index (χ0n) is 31.9. The van der Waals surface area contributed by atoms with Crippen LogP contribution in [0.2, 0.25) is 0 Å². The molecule has 0 fully saturated rings. The Hall–Kier alpha value is -3.78. The Bertz CT molecular complexity index is 1600. The third kappa shape index (κ3) is 14.5. The van der Waals surface area contributed by atoms with Gasteiger partial charge in [0.25, 0.3) is 0 Å². The molecule has 0 aliphatic heterocycles. The molecule has 2 heteroatoms. The maximum Gasteiger partial charge on any atom is 0.131 e. The van der Waals surface area contributed by atoms with Crippen LogP contribution in [-0.4, -0.2) is 10.2 Å². The fourth-order valence-electron chi connectivity index (χ4n) is 5.86. The summed E-state index contributed by atoms with van der Waals surface area (Å²) in [6, 6.07) is 7.54. The van der Waals surface area contributed by atoms with E-state index < -0.39 is 0 Å². The quantitative estimate of drug-likeness (QED) is 0.0959. The van der Waals surface area contributed by atoms with Crippen molar-refractivity contribution in [3.05, 3.63) is 123 Å². The largest absolute Gasteiger partial charge is 0.507 e. The minimum atomic E-state index is 0.220. The number of fused-ring (bicyclic) bond motifs is 1. The van der Waals surface area contributed by atoms with Gasteiger partial charge in [0.2, 0.25) is 0 Å². The molecule has 0 unspecified atom stereocenters. The van der Waals surface area contributed by atoms with Crippen LogP contribution < -0.4 is 0 Å². The maximum absolute atomic E-state index is 11.5. The number of aromatic hydroxyl groups is 2. The van der Waals surface area contributed by atoms with Gasteiger partial charge in [-0.15, -0.1) is 0 Å². The highest BCUT2D eigenvalue weighted by molar-refractivity contribution is 6.00. The summed E-state index contributed by atoms with van der Waals surface area (Å²) in [5.74, 6) is 0.446. The first-order valence-corrected chi connectivity index (χ1v) is 18.0. The zero-order valence-corrected chi connectivity index (χ0v) is 31.9. The summed E-state index contributed by atoms with van der Waals surface area (Å²) in [7, 11) is 0. The molecular weight excluding hydrogens is 585 g/mol. The van der Waals surface area contributed by atoms with E-state index in [1.54, 1.807) is 0 Å². The lowest BCUT2D eigenvalue weighted by Gasteiger charge is -2.16. The van der Waals surface area contributed by atoms with Crippen molar-refractivity contribution in [3.63, 3.8) is 0 Å². The van der Waals surface area contributed by atoms with Gasteiger partial charge in [-0.05, 0) is 139 Å². The first kappa shape index (κ1) is 40.4. The minimum absolute atomic E-state index is 0.220. The SMILES string of the molecule is CC(C)=CCCC(C)=CCCC(C)=CC=C(C=C(C)CCC=C(C)CCC=C(C)CCC=C(C)C)c1c(C)c(O)c2ccccc2c1O. The van der Waals surface area contributed by atoms with Crippen LogP contribution in [0.3, 0.4) is 0 Å². The van der Waals surface area contributed by atoms with Crippen molar-refractivity contribution in [1.82, 2.24) is 0 Å². The van der Waals surface area contributed by atoms with Gasteiger partial charge in [0.15, 0.2) is 0 Å². The number of phenolic OH excluding ortho intramolecular Hbond substituents is 2. The topological polar surface area (TPSA) is 40.5 Å². The van der Waals surface area contributed by atoms with Gasteiger partial charge in [-0.2, -0.15) is 0 Å². The molecule has 0 saturated heterocycles. The molecule has 0 aromatic heterocycles. The predicted molar refractivity (Wildman–Crippen MR) is 214 cm³/mol. The molecule has 260 valence electrons. The smallest absolute Gasteiger partial charge is 0.131 e. The molecule has 0 bridgehead atoms. The highest BCUT2D eigenvalue weighted by atomic mass is 16.3. The second-order valence-electron chi connectivity index (χ2n) is 14.3. The van der Waals surface area contributed by atoms with Crippen molar-refractivity contribution in [2.45, 2.75) is 133 Å². The second-order valence-corrected chi connectivity index (χ2v) is 14.3. The fraction of sp³-hybridized carbons (Fsp3) is 0.435. The molecule has 0 radical (unpaired) electrons. The van der Waals surface area contributed by atoms with Crippen LogP contribution in [0.15, 0.2) is 112 Å². The lowest BCUT2D eigenvalue weighted by atomic mass is 9.91. The number of allylic oxidation sites excluding steroid dienone is 16. The lowest BCUT2D eigenvalue weighted by Crippen LogP contribution is -1.93. The first-order valence-electron chi connectivity index (χ1n) is 18.0. The molecule has 2 nitrogen and oxygen atoms in total. The average Bonchev–Trinajstić information content (AvgIpc) is 3.02. The molecule has 0 aliphatic carbocycles. The molecule has 0 aliphatic rings. The van der Waals surface area contributed by atoms with Crippen molar-refractivity contribution >= 4 is 16.3 Å². The van der Waals surface area contributed by atoms with Gasteiger partial charge in [0, 0.05) is 21.9 Å². The Morgan fingerprint density at radius 1 is 0.500 bits per heavy atom. The van der Waals surface area contributed by atoms with Gasteiger partial charge in [0.1, 0.15) is 11.5 Å². The normalized spacial score (nSPS) is 13.7. The summed E-state index contributed by atoms with van der Waals surface area (Å²) in [6.45, 7) is 21.6. The van der Waals surface area contributed by atoms with Gasteiger partial charge < -0.3 is 10.2 Å². The highest BCUT2D eigenvalue weighted by Crippen LogP contribution is 2.43. The summed E-state index contributed by atoms with van der Waals surface area (Å²) < 4.78 is 0. The molecule has 0 atom stereocenters. The summed E-state index contributed by atoms with van der Waals surface area (Å²) in [5.41, 5.74) is 12.0. The zero-order chi connectivity index (χ0) is 35.6. The van der Waals surface area contributed by atoms with Crippen LogP contribution in [0.25, 0.3) is 16.3 Å². The molecule has 2 aromatic carbocycles. The van der Waals surface area contributed by atoms with Crippen LogP contribution >= 0.6 is 0 Å². The number of benzene rings is 2. The fourth-order valence-corrected chi connectivity index (χ4v) is 5.86. The van der Waals surface area contributed by atoms with E-state index >= 15 is 0 Å². The van der Waals surface area contributed by atoms with E-state index in [-0.39, 0.29) is 11.5 Å². The van der Waals surface area contributed by atoms with Crippen LogP contribution in [0.5, 0.6) is 11.5 Å². The van der Waals surface area contributed by atoms with Crippen LogP contribution in [0.4, 0.5) is 0 Å². The Balaban J connectivity index is 2.26. The number of hydrogen-bond donors (Lipinski definition) is 2. The Morgan fingerprint density at radius 2 is 0.896 bits per heavy atom. The summed E-state index contributed by atoms with van der Waals surface area (Å²) >= 11 is 0. The minimum Gasteiger partial charge on any atom is -0.507 e. The molecular formula is C46H64O2. The summed E-state index contributed by atoms with van der Waals surface area (Å²) in [5, 5.41) is 24.0. The van der Waals surface area contributed by atoms with Gasteiger partial charge in [0.05, 0.1) is 0 Å². The van der Waals surface area contributed by atoms with Crippen molar-refractivity contribution in [1.29, 1.82) is 0 Å². The molecule has 2 aromatic rings. The summed E-state index contributed by atoms with van der Waals surface area (Å²) in [4.78, 5) is 0. The Kier molecular flexibility index (Phi) is 17.9. The number of hydrogen-bond acceptors (Lipinski definition) is 2. The second kappa shape index (κ2) is 21.2. The third-order valence-electron chi connectivity index (χ3n) is 8.92. The van der Waals surface area contributed by atoms with E-state index in [4.69, 9.17) is 0 Å². The predicted octanol–water partition coefficient (Wildman–Crippen LogP) is 14.5. The maximum atomic E-state index is 11.5. The van der Waals surface area contributed by atoms with E-state index in [2.05, 4.69) is 111 Å². The van der Waals surface area contributed by atoms with Gasteiger partial charge in [-0.25, -0.2) is 0 Å². The van der Waals surface area contributed by atoms with E-state index in [9.17, 15) is 10.2 Å². The Morgan fingerprint density at radius 3 is 1.35 bits per heavy atom. The van der Waals surface area contributed by atoms with Crippen LogP contribution in [0.1, 0.15) is 138 Å². The number of phenols is 2. The van der Waals surface area contributed by atoms with Crippen molar-refractivity contribution in [2.75, 3.05) is 0 Å². The van der Waals surface area contributed by atoms with E-state index in [0.29, 0.717) is 21.9 Å². The van der Waals surface area contributed by atoms with E-state index in [1.807, 2.05) is 31.2 Å². The monoisotopic (exact) mass is 648 g/mol. The summed E-state index contributed by atoms with van der Waals surface area (Å²) in [6.07, 6.45) is 28.8.